The zero-order valence-corrected chi connectivity index (χ0v) is 24.1. The Morgan fingerprint density at radius 3 is 2.38 bits per heavy atom. The van der Waals surface area contributed by atoms with Crippen LogP contribution >= 0.6 is 0 Å². The van der Waals surface area contributed by atoms with E-state index >= 15 is 0 Å². The molecule has 2 saturated heterocycles. The molecule has 10 nitrogen and oxygen atoms in total. The first-order valence-corrected chi connectivity index (χ1v) is 14.5. The largest absolute Gasteiger partial charge is 0.381 e. The summed E-state index contributed by atoms with van der Waals surface area (Å²) >= 11 is 0. The lowest BCUT2D eigenvalue weighted by molar-refractivity contribution is -0.203. The molecule has 10 heteroatoms. The molecule has 2 heterocycles. The van der Waals surface area contributed by atoms with Crippen LogP contribution in [0.2, 0.25) is 0 Å². The van der Waals surface area contributed by atoms with Crippen LogP contribution in [-0.2, 0) is 28.7 Å². The molecule has 3 rings (SSSR count). The van der Waals surface area contributed by atoms with E-state index in [1.807, 2.05) is 56.3 Å². The fraction of sp³-hybridized carbons (Fsp3) is 0.633. The summed E-state index contributed by atoms with van der Waals surface area (Å²) in [4.78, 5) is 46.1. The molecule has 3 amide bonds. The van der Waals surface area contributed by atoms with Gasteiger partial charge in [-0.05, 0) is 56.9 Å². The Hall–Kier alpha value is -2.79. The Morgan fingerprint density at radius 2 is 1.75 bits per heavy atom. The van der Waals surface area contributed by atoms with Gasteiger partial charge in [-0.2, -0.15) is 0 Å². The van der Waals surface area contributed by atoms with E-state index in [9.17, 15) is 14.4 Å². The van der Waals surface area contributed by atoms with Crippen molar-refractivity contribution in [3.8, 4) is 0 Å². The smallest absolute Gasteiger partial charge is 0.257 e. The fourth-order valence-corrected chi connectivity index (χ4v) is 5.03. The molecule has 0 aromatic heterocycles. The van der Waals surface area contributed by atoms with Gasteiger partial charge in [0.05, 0.1) is 23.9 Å². The molecule has 1 aromatic carbocycles. The molecule has 2 aliphatic heterocycles. The topological polar surface area (TPSA) is 132 Å². The SMILES string of the molecule is CC(C)C[C@@H](C(=O)NN(C(=O)[C@@H](C)N)C1CCOCC1)[C@H](C/C=C/c1ccccc1)C(=O)NOC1CCCCO1. The lowest BCUT2D eigenvalue weighted by Gasteiger charge is -2.37. The van der Waals surface area contributed by atoms with Crippen LogP contribution in [0.5, 0.6) is 0 Å². The van der Waals surface area contributed by atoms with Crippen molar-refractivity contribution < 1.29 is 28.7 Å². The normalized spacial score (nSPS) is 20.6. The van der Waals surface area contributed by atoms with E-state index in [4.69, 9.17) is 20.0 Å². The van der Waals surface area contributed by atoms with Crippen LogP contribution < -0.4 is 16.6 Å². The molecule has 0 radical (unpaired) electrons. The summed E-state index contributed by atoms with van der Waals surface area (Å²) in [5.41, 5.74) is 12.4. The van der Waals surface area contributed by atoms with Crippen LogP contribution in [0.25, 0.3) is 6.08 Å². The zero-order chi connectivity index (χ0) is 28.9. The van der Waals surface area contributed by atoms with Gasteiger partial charge in [0.2, 0.25) is 11.8 Å². The molecule has 40 heavy (non-hydrogen) atoms. The van der Waals surface area contributed by atoms with Crippen molar-refractivity contribution in [2.75, 3.05) is 19.8 Å². The monoisotopic (exact) mass is 558 g/mol. The molecule has 0 spiro atoms. The molecule has 4 atom stereocenters. The number of nitrogens with two attached hydrogens (primary N) is 1. The first-order chi connectivity index (χ1) is 19.3. The highest BCUT2D eigenvalue weighted by atomic mass is 16.8. The van der Waals surface area contributed by atoms with E-state index in [-0.39, 0.29) is 17.9 Å². The molecule has 0 bridgehead atoms. The number of amides is 3. The number of hydroxylamine groups is 1. The Labute approximate surface area is 237 Å². The highest BCUT2D eigenvalue weighted by Gasteiger charge is 2.37. The van der Waals surface area contributed by atoms with Gasteiger partial charge in [0.15, 0.2) is 6.29 Å². The number of carbonyl (C=O) groups excluding carboxylic acids is 3. The van der Waals surface area contributed by atoms with Crippen molar-refractivity contribution >= 4 is 23.8 Å². The van der Waals surface area contributed by atoms with Crippen LogP contribution in [-0.4, -0.2) is 60.9 Å². The molecule has 2 aliphatic rings. The van der Waals surface area contributed by atoms with E-state index in [0.717, 1.165) is 18.4 Å². The van der Waals surface area contributed by atoms with Gasteiger partial charge in [-0.15, -0.1) is 0 Å². The molecule has 1 unspecified atom stereocenters. The predicted molar refractivity (Wildman–Crippen MR) is 152 cm³/mol. The van der Waals surface area contributed by atoms with Crippen molar-refractivity contribution in [3.63, 3.8) is 0 Å². The van der Waals surface area contributed by atoms with Crippen molar-refractivity contribution in [2.45, 2.75) is 84.1 Å². The number of rotatable bonds is 12. The lowest BCUT2D eigenvalue weighted by atomic mass is 9.82. The van der Waals surface area contributed by atoms with Gasteiger partial charge in [-0.3, -0.25) is 19.8 Å². The van der Waals surface area contributed by atoms with Crippen LogP contribution in [0.4, 0.5) is 0 Å². The molecule has 2 fully saturated rings. The van der Waals surface area contributed by atoms with Crippen LogP contribution in [0.3, 0.4) is 0 Å². The summed E-state index contributed by atoms with van der Waals surface area (Å²) in [6.45, 7) is 7.18. The van der Waals surface area contributed by atoms with E-state index < -0.39 is 36.0 Å². The first kappa shape index (κ1) is 31.7. The summed E-state index contributed by atoms with van der Waals surface area (Å²) < 4.78 is 11.0. The van der Waals surface area contributed by atoms with Crippen molar-refractivity contribution in [3.05, 3.63) is 42.0 Å². The van der Waals surface area contributed by atoms with Crippen molar-refractivity contribution in [1.82, 2.24) is 15.9 Å². The minimum absolute atomic E-state index is 0.118. The number of carbonyl (C=O) groups is 3. The number of allylic oxidation sites excluding steroid dienone is 1. The van der Waals surface area contributed by atoms with Crippen molar-refractivity contribution in [2.24, 2.45) is 23.5 Å². The Bertz CT molecular complexity index is 958. The van der Waals surface area contributed by atoms with Gasteiger partial charge < -0.3 is 15.2 Å². The molecule has 1 aromatic rings. The predicted octanol–water partition coefficient (Wildman–Crippen LogP) is 3.33. The Morgan fingerprint density at radius 1 is 1.02 bits per heavy atom. The highest BCUT2D eigenvalue weighted by molar-refractivity contribution is 5.90. The number of nitrogens with zero attached hydrogens (tertiary/aromatic N) is 1. The second-order valence-electron chi connectivity index (χ2n) is 11.1. The Kier molecular flexibility index (Phi) is 13.1. The van der Waals surface area contributed by atoms with Gasteiger partial charge >= 0.3 is 0 Å². The number of nitrogens with one attached hydrogen (secondary N) is 2. The molecule has 0 aliphatic carbocycles. The second-order valence-corrected chi connectivity index (χ2v) is 11.1. The quantitative estimate of drug-likeness (QED) is 0.335. The van der Waals surface area contributed by atoms with Gasteiger partial charge in [0.25, 0.3) is 5.91 Å². The summed E-state index contributed by atoms with van der Waals surface area (Å²) in [7, 11) is 0. The zero-order valence-electron chi connectivity index (χ0n) is 24.1. The van der Waals surface area contributed by atoms with E-state index in [2.05, 4.69) is 10.9 Å². The average Bonchev–Trinajstić information content (AvgIpc) is 2.96. The number of hydrogen-bond acceptors (Lipinski definition) is 7. The third kappa shape index (κ3) is 9.99. The molecular formula is C30H46N4O6. The number of hydrazine groups is 1. The molecule has 0 saturated carbocycles. The lowest BCUT2D eigenvalue weighted by Crippen LogP contribution is -2.59. The maximum absolute atomic E-state index is 13.9. The highest BCUT2D eigenvalue weighted by Crippen LogP contribution is 2.27. The van der Waals surface area contributed by atoms with E-state index in [1.165, 1.54) is 5.01 Å². The minimum atomic E-state index is -0.788. The van der Waals surface area contributed by atoms with E-state index in [1.54, 1.807) is 6.92 Å². The van der Waals surface area contributed by atoms with Gasteiger partial charge in [0.1, 0.15) is 0 Å². The van der Waals surface area contributed by atoms with E-state index in [0.29, 0.717) is 51.9 Å². The molecular weight excluding hydrogens is 512 g/mol. The van der Waals surface area contributed by atoms with Gasteiger partial charge in [0, 0.05) is 26.2 Å². The van der Waals surface area contributed by atoms with Crippen molar-refractivity contribution in [1.29, 1.82) is 0 Å². The number of ether oxygens (including phenoxy) is 2. The fourth-order valence-electron chi connectivity index (χ4n) is 5.03. The van der Waals surface area contributed by atoms with Gasteiger partial charge in [-0.1, -0.05) is 56.3 Å². The summed E-state index contributed by atoms with van der Waals surface area (Å²) in [5, 5.41) is 1.37. The standard InChI is InChI=1S/C30H46N4O6/c1-21(2)20-26(28(35)32-34(30(37)22(3)31)24-15-18-38-19-16-24)25(13-9-12-23-10-5-4-6-11-23)29(36)33-40-27-14-7-8-17-39-27/h4-6,9-12,21-22,24-27H,7-8,13-20,31H2,1-3H3,(H,32,35)(H,33,36)/b12-9+/t22-,25+,26-,27?/m1/s1. The maximum atomic E-state index is 13.9. The summed E-state index contributed by atoms with van der Waals surface area (Å²) in [5.74, 6) is -2.51. The summed E-state index contributed by atoms with van der Waals surface area (Å²) in [6.07, 6.45) is 7.86. The van der Waals surface area contributed by atoms with Crippen LogP contribution in [0.15, 0.2) is 36.4 Å². The Balaban J connectivity index is 1.83. The average molecular weight is 559 g/mol. The molecule has 4 N–H and O–H groups in total. The third-order valence-electron chi connectivity index (χ3n) is 7.23. The number of benzene rings is 1. The third-order valence-corrected chi connectivity index (χ3v) is 7.23. The molecule has 222 valence electrons. The number of hydrogen-bond donors (Lipinski definition) is 3. The first-order valence-electron chi connectivity index (χ1n) is 14.5. The second kappa shape index (κ2) is 16.5. The van der Waals surface area contributed by atoms with Crippen LogP contribution in [0, 0.1) is 17.8 Å². The maximum Gasteiger partial charge on any atom is 0.257 e. The van der Waals surface area contributed by atoms with Crippen LogP contribution in [0.1, 0.15) is 71.3 Å². The minimum Gasteiger partial charge on any atom is -0.381 e. The van der Waals surface area contributed by atoms with Gasteiger partial charge in [-0.25, -0.2) is 15.3 Å². The summed E-state index contributed by atoms with van der Waals surface area (Å²) in [6, 6.07) is 8.75.